The molecule has 0 spiro atoms. The molecule has 6 nitrogen and oxygen atoms in total. The zero-order chi connectivity index (χ0) is 28.9. The van der Waals surface area contributed by atoms with Crippen molar-refractivity contribution in [1.82, 2.24) is 9.55 Å². The molecule has 2 amide bonds. The quantitative estimate of drug-likeness (QED) is 0.204. The molecule has 42 heavy (non-hydrogen) atoms. The van der Waals surface area contributed by atoms with Crippen LogP contribution >= 0.6 is 11.6 Å². The van der Waals surface area contributed by atoms with Crippen molar-refractivity contribution in [1.29, 1.82) is 0 Å². The summed E-state index contributed by atoms with van der Waals surface area (Å²) in [6.45, 7) is 0.367. The molecule has 0 radical (unpaired) electrons. The lowest BCUT2D eigenvalue weighted by molar-refractivity contribution is 0.262. The Labute approximate surface area is 248 Å². The summed E-state index contributed by atoms with van der Waals surface area (Å²) in [5, 5.41) is 6.51. The molecule has 0 bridgehead atoms. The average Bonchev–Trinajstić information content (AvgIpc) is 3.01. The van der Waals surface area contributed by atoms with Crippen LogP contribution in [-0.4, -0.2) is 15.6 Å². The average molecular weight is 571 g/mol. The summed E-state index contributed by atoms with van der Waals surface area (Å²) in [4.78, 5) is 31.5. The number of fused-ring (bicyclic) bond motifs is 1. The fourth-order valence-corrected chi connectivity index (χ4v) is 5.09. The topological polar surface area (TPSA) is 76.0 Å². The van der Waals surface area contributed by atoms with Gasteiger partial charge < -0.3 is 10.6 Å². The maximum Gasteiger partial charge on any atom is 0.323 e. The van der Waals surface area contributed by atoms with E-state index in [2.05, 4.69) is 34.9 Å². The highest BCUT2D eigenvalue weighted by Crippen LogP contribution is 2.22. The van der Waals surface area contributed by atoms with E-state index in [0.717, 1.165) is 22.3 Å². The molecule has 6 aromatic rings. The van der Waals surface area contributed by atoms with E-state index in [0.29, 0.717) is 46.1 Å². The minimum Gasteiger partial charge on any atom is -0.308 e. The lowest BCUT2D eigenvalue weighted by atomic mass is 10.0. The summed E-state index contributed by atoms with van der Waals surface area (Å²) in [6.07, 6.45) is 0.510. The highest BCUT2D eigenvalue weighted by molar-refractivity contribution is 6.30. The SMILES string of the molecule is O=C(Nc1cccc(Cl)c1)Nc1ccc2nc(Cc3ccccc3)n(Cc3ccc(-c4ccccc4)cc3)c(=O)c2c1. The molecule has 5 aromatic carbocycles. The number of nitrogens with zero attached hydrogens (tertiary/aromatic N) is 2. The van der Waals surface area contributed by atoms with Gasteiger partial charge in [-0.1, -0.05) is 103 Å². The number of halogens is 1. The van der Waals surface area contributed by atoms with Gasteiger partial charge in [-0.2, -0.15) is 0 Å². The predicted octanol–water partition coefficient (Wildman–Crippen LogP) is 8.00. The summed E-state index contributed by atoms with van der Waals surface area (Å²) in [5.41, 5.74) is 5.75. The van der Waals surface area contributed by atoms with E-state index in [9.17, 15) is 9.59 Å². The van der Waals surface area contributed by atoms with Gasteiger partial charge in [0.05, 0.1) is 17.4 Å². The molecule has 0 aliphatic carbocycles. The van der Waals surface area contributed by atoms with Crippen molar-refractivity contribution in [3.05, 3.63) is 160 Å². The van der Waals surface area contributed by atoms with Gasteiger partial charge in [0.1, 0.15) is 5.82 Å². The first-order valence-corrected chi connectivity index (χ1v) is 13.9. The monoisotopic (exact) mass is 570 g/mol. The van der Waals surface area contributed by atoms with Crippen LogP contribution in [0, 0.1) is 0 Å². The summed E-state index contributed by atoms with van der Waals surface area (Å²) in [5.74, 6) is 0.672. The lowest BCUT2D eigenvalue weighted by Gasteiger charge is -2.15. The molecule has 0 aliphatic rings. The molecule has 1 heterocycles. The number of amides is 2. The zero-order valence-corrected chi connectivity index (χ0v) is 23.4. The van der Waals surface area contributed by atoms with Crippen molar-refractivity contribution in [2.24, 2.45) is 0 Å². The first-order valence-electron chi connectivity index (χ1n) is 13.6. The molecule has 0 atom stereocenters. The highest BCUT2D eigenvalue weighted by atomic mass is 35.5. The molecular formula is C35H27ClN4O2. The van der Waals surface area contributed by atoms with Crippen molar-refractivity contribution < 1.29 is 4.79 Å². The molecule has 2 N–H and O–H groups in total. The number of benzene rings is 5. The number of aromatic nitrogens is 2. The second kappa shape index (κ2) is 12.1. The van der Waals surface area contributed by atoms with Gasteiger partial charge in [0.15, 0.2) is 0 Å². The number of carbonyl (C=O) groups is 1. The van der Waals surface area contributed by atoms with Gasteiger partial charge in [-0.15, -0.1) is 0 Å². The van der Waals surface area contributed by atoms with E-state index < -0.39 is 6.03 Å². The Morgan fingerprint density at radius 1 is 0.690 bits per heavy atom. The number of rotatable bonds is 7. The van der Waals surface area contributed by atoms with Crippen LogP contribution in [0.25, 0.3) is 22.0 Å². The Bertz CT molecular complexity index is 1920. The molecule has 6 rings (SSSR count). The Morgan fingerprint density at radius 3 is 2.07 bits per heavy atom. The van der Waals surface area contributed by atoms with Crippen LogP contribution in [0.5, 0.6) is 0 Å². The van der Waals surface area contributed by atoms with E-state index in [-0.39, 0.29) is 5.56 Å². The Hall–Kier alpha value is -5.20. The van der Waals surface area contributed by atoms with Crippen LogP contribution in [0.2, 0.25) is 5.02 Å². The van der Waals surface area contributed by atoms with Crippen LogP contribution < -0.4 is 16.2 Å². The zero-order valence-electron chi connectivity index (χ0n) is 22.6. The van der Waals surface area contributed by atoms with Crippen LogP contribution in [0.1, 0.15) is 17.0 Å². The van der Waals surface area contributed by atoms with E-state index in [4.69, 9.17) is 16.6 Å². The van der Waals surface area contributed by atoms with Gasteiger partial charge in [0.25, 0.3) is 5.56 Å². The van der Waals surface area contributed by atoms with Crippen molar-refractivity contribution in [3.8, 4) is 11.1 Å². The number of hydrogen-bond donors (Lipinski definition) is 2. The molecule has 0 fully saturated rings. The normalized spacial score (nSPS) is 10.9. The second-order valence-electron chi connectivity index (χ2n) is 9.97. The van der Waals surface area contributed by atoms with Crippen LogP contribution in [0.4, 0.5) is 16.2 Å². The third kappa shape index (κ3) is 6.24. The van der Waals surface area contributed by atoms with Gasteiger partial charge in [-0.25, -0.2) is 9.78 Å². The number of urea groups is 1. The maximum atomic E-state index is 14.0. The molecule has 0 unspecified atom stereocenters. The van der Waals surface area contributed by atoms with E-state index in [1.807, 2.05) is 60.7 Å². The number of carbonyl (C=O) groups excluding carboxylic acids is 1. The summed E-state index contributed by atoms with van der Waals surface area (Å²) < 4.78 is 1.72. The van der Waals surface area contributed by atoms with E-state index in [1.165, 1.54) is 0 Å². The molecule has 0 saturated heterocycles. The van der Waals surface area contributed by atoms with Gasteiger partial charge >= 0.3 is 6.03 Å². The molecule has 206 valence electrons. The summed E-state index contributed by atoms with van der Waals surface area (Å²) in [6, 6.07) is 40.0. The largest absolute Gasteiger partial charge is 0.323 e. The first kappa shape index (κ1) is 27.0. The standard InChI is InChI=1S/C35H27ClN4O2/c36-28-12-7-13-29(21-28)37-35(42)38-30-18-19-32-31(22-30)34(41)40(33(39-32)20-24-8-3-1-4-9-24)23-25-14-16-27(17-15-25)26-10-5-2-6-11-26/h1-19,21-22H,20,23H2,(H2,37,38,42). The molecule has 7 heteroatoms. The lowest BCUT2D eigenvalue weighted by Crippen LogP contribution is -2.26. The van der Waals surface area contributed by atoms with Crippen LogP contribution in [-0.2, 0) is 13.0 Å². The van der Waals surface area contributed by atoms with Crippen molar-refractivity contribution in [3.63, 3.8) is 0 Å². The minimum atomic E-state index is -0.441. The Kier molecular flexibility index (Phi) is 7.79. The van der Waals surface area contributed by atoms with E-state index in [1.54, 1.807) is 47.0 Å². The van der Waals surface area contributed by atoms with Crippen molar-refractivity contribution >= 4 is 39.9 Å². The minimum absolute atomic E-state index is 0.169. The summed E-state index contributed by atoms with van der Waals surface area (Å²) >= 11 is 6.03. The Balaban J connectivity index is 1.33. The van der Waals surface area contributed by atoms with Gasteiger partial charge in [0, 0.05) is 22.8 Å². The van der Waals surface area contributed by atoms with Crippen molar-refractivity contribution in [2.75, 3.05) is 10.6 Å². The fourth-order valence-electron chi connectivity index (χ4n) is 4.90. The predicted molar refractivity (Wildman–Crippen MR) is 170 cm³/mol. The van der Waals surface area contributed by atoms with Crippen molar-refractivity contribution in [2.45, 2.75) is 13.0 Å². The van der Waals surface area contributed by atoms with E-state index >= 15 is 0 Å². The van der Waals surface area contributed by atoms with Crippen LogP contribution in [0.15, 0.2) is 132 Å². The first-order chi connectivity index (χ1) is 20.5. The third-order valence-electron chi connectivity index (χ3n) is 6.98. The van der Waals surface area contributed by atoms with Gasteiger partial charge in [-0.05, 0) is 58.7 Å². The number of hydrogen-bond acceptors (Lipinski definition) is 3. The number of anilines is 2. The Morgan fingerprint density at radius 2 is 1.36 bits per heavy atom. The molecule has 0 saturated carbocycles. The summed E-state index contributed by atoms with van der Waals surface area (Å²) in [7, 11) is 0. The van der Waals surface area contributed by atoms with Crippen LogP contribution in [0.3, 0.4) is 0 Å². The second-order valence-corrected chi connectivity index (χ2v) is 10.4. The maximum absolute atomic E-state index is 14.0. The molecular weight excluding hydrogens is 544 g/mol. The molecule has 1 aromatic heterocycles. The number of nitrogens with one attached hydrogen (secondary N) is 2. The highest BCUT2D eigenvalue weighted by Gasteiger charge is 2.14. The van der Waals surface area contributed by atoms with Gasteiger partial charge in [0.2, 0.25) is 0 Å². The smallest absolute Gasteiger partial charge is 0.308 e. The third-order valence-corrected chi connectivity index (χ3v) is 7.22. The fraction of sp³-hybridized carbons (Fsp3) is 0.0571. The van der Waals surface area contributed by atoms with Gasteiger partial charge in [-0.3, -0.25) is 9.36 Å². The molecule has 0 aliphatic heterocycles.